The quantitative estimate of drug-likeness (QED) is 0.775. The number of benzene rings is 1. The first-order chi connectivity index (χ1) is 7.54. The van der Waals surface area contributed by atoms with Gasteiger partial charge in [-0.05, 0) is 7.05 Å². The van der Waals surface area contributed by atoms with Crippen LogP contribution in [0.3, 0.4) is 0 Å². The Hall–Kier alpha value is -1.56. The third kappa shape index (κ3) is 3.23. The van der Waals surface area contributed by atoms with E-state index in [1.807, 2.05) is 0 Å². The molecule has 0 saturated carbocycles. The molecule has 0 spiro atoms. The zero-order valence-electron chi connectivity index (χ0n) is 8.61. The van der Waals surface area contributed by atoms with Gasteiger partial charge in [-0.3, -0.25) is 4.79 Å². The summed E-state index contributed by atoms with van der Waals surface area (Å²) in [6, 6.07) is 1.46. The molecule has 0 radical (unpaired) electrons. The maximum Gasteiger partial charge on any atom is 0.225 e. The van der Waals surface area contributed by atoms with Crippen molar-refractivity contribution in [3.05, 3.63) is 29.6 Å². The van der Waals surface area contributed by atoms with Crippen LogP contribution in [0.15, 0.2) is 12.1 Å². The van der Waals surface area contributed by atoms with Crippen LogP contribution in [0.1, 0.15) is 6.42 Å². The standard InChI is InChI=1S/C10H11F3N2O/c1-14-3-2-9(16)15-6-4-7(11)10(13)8(12)5-6/h4-5,14H,2-3H2,1H3,(H,15,16). The fraction of sp³-hybridized carbons (Fsp3) is 0.300. The Morgan fingerprint density at radius 2 is 1.81 bits per heavy atom. The van der Waals surface area contributed by atoms with E-state index in [9.17, 15) is 18.0 Å². The molecule has 0 atom stereocenters. The highest BCUT2D eigenvalue weighted by Gasteiger charge is 2.11. The first kappa shape index (κ1) is 12.5. The SMILES string of the molecule is CNCCC(=O)Nc1cc(F)c(F)c(F)c1. The number of carbonyl (C=O) groups is 1. The summed E-state index contributed by atoms with van der Waals surface area (Å²) in [5.74, 6) is -4.61. The van der Waals surface area contributed by atoms with Gasteiger partial charge < -0.3 is 10.6 Å². The van der Waals surface area contributed by atoms with Gasteiger partial charge in [-0.1, -0.05) is 0 Å². The Bertz CT molecular complexity index is 373. The molecule has 1 aromatic carbocycles. The van der Waals surface area contributed by atoms with E-state index in [4.69, 9.17) is 0 Å². The lowest BCUT2D eigenvalue weighted by Crippen LogP contribution is -2.19. The molecule has 1 aromatic rings. The molecule has 88 valence electrons. The Morgan fingerprint density at radius 1 is 1.25 bits per heavy atom. The van der Waals surface area contributed by atoms with E-state index in [0.29, 0.717) is 6.54 Å². The van der Waals surface area contributed by atoms with E-state index >= 15 is 0 Å². The number of nitrogens with one attached hydrogen (secondary N) is 2. The summed E-state index contributed by atoms with van der Waals surface area (Å²) < 4.78 is 38.1. The summed E-state index contributed by atoms with van der Waals surface area (Å²) >= 11 is 0. The molecule has 3 nitrogen and oxygen atoms in total. The normalized spacial score (nSPS) is 10.2. The van der Waals surface area contributed by atoms with Crippen molar-refractivity contribution in [1.82, 2.24) is 5.32 Å². The zero-order chi connectivity index (χ0) is 12.1. The lowest BCUT2D eigenvalue weighted by Gasteiger charge is -2.05. The van der Waals surface area contributed by atoms with Crippen molar-refractivity contribution in [3.63, 3.8) is 0 Å². The Balaban J connectivity index is 2.71. The summed E-state index contributed by atoms with van der Waals surface area (Å²) in [7, 11) is 1.67. The third-order valence-electron chi connectivity index (χ3n) is 1.87. The van der Waals surface area contributed by atoms with Gasteiger partial charge in [0.2, 0.25) is 5.91 Å². The van der Waals surface area contributed by atoms with Crippen LogP contribution in [0, 0.1) is 17.5 Å². The molecule has 0 unspecified atom stereocenters. The maximum atomic E-state index is 12.8. The number of anilines is 1. The second-order valence-corrected chi connectivity index (χ2v) is 3.16. The molecule has 0 bridgehead atoms. The highest BCUT2D eigenvalue weighted by molar-refractivity contribution is 5.90. The molecule has 0 aliphatic heterocycles. The predicted octanol–water partition coefficient (Wildman–Crippen LogP) is 1.65. The molecular weight excluding hydrogens is 221 g/mol. The van der Waals surface area contributed by atoms with Crippen LogP contribution in [0.2, 0.25) is 0 Å². The van der Waals surface area contributed by atoms with Crippen LogP contribution in [-0.4, -0.2) is 19.5 Å². The molecular formula is C10H11F3N2O. The van der Waals surface area contributed by atoms with Gasteiger partial charge in [-0.25, -0.2) is 13.2 Å². The minimum Gasteiger partial charge on any atom is -0.326 e. The van der Waals surface area contributed by atoms with Gasteiger partial charge in [0.1, 0.15) is 0 Å². The monoisotopic (exact) mass is 232 g/mol. The van der Waals surface area contributed by atoms with E-state index in [0.717, 1.165) is 12.1 Å². The number of amides is 1. The minimum atomic E-state index is -1.55. The molecule has 6 heteroatoms. The van der Waals surface area contributed by atoms with Crippen molar-refractivity contribution in [3.8, 4) is 0 Å². The van der Waals surface area contributed by atoms with Gasteiger partial charge in [-0.2, -0.15) is 0 Å². The first-order valence-electron chi connectivity index (χ1n) is 4.63. The van der Waals surface area contributed by atoms with Gasteiger partial charge in [0, 0.05) is 30.8 Å². The number of rotatable bonds is 4. The molecule has 1 amide bonds. The van der Waals surface area contributed by atoms with Crippen molar-refractivity contribution >= 4 is 11.6 Å². The van der Waals surface area contributed by atoms with E-state index in [-0.39, 0.29) is 12.1 Å². The Labute approximate surface area is 90.6 Å². The second kappa shape index (κ2) is 5.50. The van der Waals surface area contributed by atoms with E-state index < -0.39 is 23.4 Å². The lowest BCUT2D eigenvalue weighted by molar-refractivity contribution is -0.116. The van der Waals surface area contributed by atoms with Crippen molar-refractivity contribution in [2.45, 2.75) is 6.42 Å². The predicted molar refractivity (Wildman–Crippen MR) is 53.5 cm³/mol. The Kier molecular flexibility index (Phi) is 4.30. The van der Waals surface area contributed by atoms with Gasteiger partial charge in [-0.15, -0.1) is 0 Å². The van der Waals surface area contributed by atoms with Crippen LogP contribution in [0.25, 0.3) is 0 Å². The highest BCUT2D eigenvalue weighted by Crippen LogP contribution is 2.17. The number of hydrogen-bond acceptors (Lipinski definition) is 2. The molecule has 1 rings (SSSR count). The molecule has 16 heavy (non-hydrogen) atoms. The second-order valence-electron chi connectivity index (χ2n) is 3.16. The van der Waals surface area contributed by atoms with Gasteiger partial charge >= 0.3 is 0 Å². The van der Waals surface area contributed by atoms with Crippen LogP contribution in [0.5, 0.6) is 0 Å². The van der Waals surface area contributed by atoms with Crippen molar-refractivity contribution in [2.75, 3.05) is 18.9 Å². The Morgan fingerprint density at radius 3 is 2.31 bits per heavy atom. The zero-order valence-corrected chi connectivity index (χ0v) is 8.61. The topological polar surface area (TPSA) is 41.1 Å². The number of carbonyl (C=O) groups excluding carboxylic acids is 1. The average molecular weight is 232 g/mol. The maximum absolute atomic E-state index is 12.8. The molecule has 0 heterocycles. The minimum absolute atomic E-state index is 0.0995. The van der Waals surface area contributed by atoms with Crippen LogP contribution in [0.4, 0.5) is 18.9 Å². The molecule has 0 aliphatic rings. The van der Waals surface area contributed by atoms with Crippen molar-refractivity contribution < 1.29 is 18.0 Å². The van der Waals surface area contributed by atoms with Crippen LogP contribution >= 0.6 is 0 Å². The smallest absolute Gasteiger partial charge is 0.225 e. The van der Waals surface area contributed by atoms with Crippen LogP contribution < -0.4 is 10.6 Å². The molecule has 0 fully saturated rings. The van der Waals surface area contributed by atoms with E-state index in [1.165, 1.54) is 0 Å². The fourth-order valence-corrected chi connectivity index (χ4v) is 1.09. The fourth-order valence-electron chi connectivity index (χ4n) is 1.09. The molecule has 0 aliphatic carbocycles. The molecule has 0 aromatic heterocycles. The van der Waals surface area contributed by atoms with Crippen LogP contribution in [-0.2, 0) is 4.79 Å². The summed E-state index contributed by atoms with van der Waals surface area (Å²) in [5.41, 5.74) is -0.0995. The average Bonchev–Trinajstić information content (AvgIpc) is 2.23. The first-order valence-corrected chi connectivity index (χ1v) is 4.63. The largest absolute Gasteiger partial charge is 0.326 e. The number of halogens is 3. The molecule has 2 N–H and O–H groups in total. The van der Waals surface area contributed by atoms with Crippen molar-refractivity contribution in [2.24, 2.45) is 0 Å². The lowest BCUT2D eigenvalue weighted by atomic mass is 10.2. The van der Waals surface area contributed by atoms with Gasteiger partial charge in [0.05, 0.1) is 0 Å². The van der Waals surface area contributed by atoms with Crippen molar-refractivity contribution in [1.29, 1.82) is 0 Å². The summed E-state index contributed by atoms with van der Waals surface area (Å²) in [6.07, 6.45) is 0.164. The highest BCUT2D eigenvalue weighted by atomic mass is 19.2. The third-order valence-corrected chi connectivity index (χ3v) is 1.87. The van der Waals surface area contributed by atoms with E-state index in [2.05, 4.69) is 10.6 Å². The number of hydrogen-bond donors (Lipinski definition) is 2. The van der Waals surface area contributed by atoms with E-state index in [1.54, 1.807) is 7.05 Å². The van der Waals surface area contributed by atoms with Gasteiger partial charge in [0.25, 0.3) is 0 Å². The van der Waals surface area contributed by atoms with Gasteiger partial charge in [0.15, 0.2) is 17.5 Å². The summed E-state index contributed by atoms with van der Waals surface area (Å²) in [4.78, 5) is 11.2. The molecule has 0 saturated heterocycles. The summed E-state index contributed by atoms with van der Waals surface area (Å²) in [5, 5.41) is 5.01. The summed E-state index contributed by atoms with van der Waals surface area (Å²) in [6.45, 7) is 0.442.